The van der Waals surface area contributed by atoms with Crippen molar-refractivity contribution in [1.29, 1.82) is 0 Å². The van der Waals surface area contributed by atoms with E-state index in [1.165, 1.54) is 19.2 Å². The lowest BCUT2D eigenvalue weighted by Gasteiger charge is -2.13. The maximum absolute atomic E-state index is 12.0. The van der Waals surface area contributed by atoms with Crippen molar-refractivity contribution in [3.63, 3.8) is 0 Å². The summed E-state index contributed by atoms with van der Waals surface area (Å²) in [5.41, 5.74) is 0.141. The quantitative estimate of drug-likeness (QED) is 0.742. The average Bonchev–Trinajstić information content (AvgIpc) is 2.56. The van der Waals surface area contributed by atoms with E-state index in [-0.39, 0.29) is 23.4 Å². The smallest absolute Gasteiger partial charge is 0.307 e. The van der Waals surface area contributed by atoms with Crippen LogP contribution in [0.3, 0.4) is 0 Å². The van der Waals surface area contributed by atoms with Crippen LogP contribution in [0.1, 0.15) is 16.8 Å². The average molecular weight is 269 g/mol. The van der Waals surface area contributed by atoms with Crippen LogP contribution in [0.5, 0.6) is 0 Å². The number of carbonyl (C=O) groups excluding carboxylic acids is 2. The molecule has 0 fully saturated rings. The second-order valence-corrected chi connectivity index (χ2v) is 5.54. The molecule has 0 saturated carbocycles. The fourth-order valence-corrected chi connectivity index (χ4v) is 3.32. The first-order chi connectivity index (χ1) is 8.48. The summed E-state index contributed by atoms with van der Waals surface area (Å²) in [6.45, 7) is -0.206. The first-order valence-corrected chi connectivity index (χ1v) is 6.65. The first-order valence-electron chi connectivity index (χ1n) is 5.21. The van der Waals surface area contributed by atoms with Gasteiger partial charge in [-0.15, -0.1) is 0 Å². The van der Waals surface area contributed by atoms with Crippen LogP contribution < -0.4 is 0 Å². The lowest BCUT2D eigenvalue weighted by molar-refractivity contribution is -0.140. The van der Waals surface area contributed by atoms with E-state index in [4.69, 9.17) is 0 Å². The van der Waals surface area contributed by atoms with Gasteiger partial charge in [0.25, 0.3) is 15.9 Å². The van der Waals surface area contributed by atoms with Crippen LogP contribution >= 0.6 is 0 Å². The molecule has 1 heterocycles. The number of hydrogen-bond donors (Lipinski definition) is 0. The van der Waals surface area contributed by atoms with Gasteiger partial charge in [0.15, 0.2) is 0 Å². The number of carbonyl (C=O) groups is 2. The minimum Gasteiger partial charge on any atom is -0.469 e. The molecule has 96 valence electrons. The van der Waals surface area contributed by atoms with Gasteiger partial charge < -0.3 is 4.74 Å². The highest BCUT2D eigenvalue weighted by molar-refractivity contribution is 7.90. The molecule has 1 aromatic rings. The molecule has 0 atom stereocenters. The molecule has 0 aliphatic carbocycles. The molecule has 18 heavy (non-hydrogen) atoms. The zero-order chi connectivity index (χ0) is 13.3. The number of nitrogens with zero attached hydrogens (tertiary/aromatic N) is 1. The zero-order valence-electron chi connectivity index (χ0n) is 9.62. The Hall–Kier alpha value is -1.89. The summed E-state index contributed by atoms with van der Waals surface area (Å²) in [6, 6.07) is 5.97. The second-order valence-electron chi connectivity index (χ2n) is 3.70. The van der Waals surface area contributed by atoms with E-state index in [2.05, 4.69) is 4.74 Å². The first kappa shape index (κ1) is 12.6. The van der Waals surface area contributed by atoms with Gasteiger partial charge in [-0.1, -0.05) is 12.1 Å². The molecule has 0 aromatic heterocycles. The van der Waals surface area contributed by atoms with Gasteiger partial charge in [-0.3, -0.25) is 9.59 Å². The monoisotopic (exact) mass is 269 g/mol. The van der Waals surface area contributed by atoms with E-state index >= 15 is 0 Å². The molecular weight excluding hydrogens is 258 g/mol. The number of esters is 1. The van der Waals surface area contributed by atoms with Gasteiger partial charge >= 0.3 is 5.97 Å². The minimum absolute atomic E-state index is 0.0140. The molecule has 0 unspecified atom stereocenters. The van der Waals surface area contributed by atoms with Crippen LogP contribution in [0.2, 0.25) is 0 Å². The Bertz CT molecular complexity index is 608. The van der Waals surface area contributed by atoms with Crippen molar-refractivity contribution in [2.45, 2.75) is 11.3 Å². The highest BCUT2D eigenvalue weighted by Crippen LogP contribution is 2.29. The van der Waals surface area contributed by atoms with Crippen LogP contribution in [0.25, 0.3) is 0 Å². The molecule has 7 heteroatoms. The molecule has 1 amide bonds. The van der Waals surface area contributed by atoms with Crippen molar-refractivity contribution in [2.75, 3.05) is 13.7 Å². The normalized spacial score (nSPS) is 16.5. The number of amides is 1. The minimum atomic E-state index is -3.82. The van der Waals surface area contributed by atoms with E-state index < -0.39 is 21.9 Å². The van der Waals surface area contributed by atoms with Gasteiger partial charge in [0.05, 0.1) is 19.1 Å². The Morgan fingerprint density at radius 1 is 1.33 bits per heavy atom. The molecule has 2 rings (SSSR count). The molecule has 0 saturated heterocycles. The predicted octanol–water partition coefficient (Wildman–Crippen LogP) is 0.394. The van der Waals surface area contributed by atoms with E-state index in [1.54, 1.807) is 12.1 Å². The summed E-state index contributed by atoms with van der Waals surface area (Å²) < 4.78 is 29.2. The Morgan fingerprint density at radius 2 is 2.00 bits per heavy atom. The summed E-state index contributed by atoms with van der Waals surface area (Å²) in [5, 5.41) is 0. The van der Waals surface area contributed by atoms with Crippen molar-refractivity contribution in [2.24, 2.45) is 0 Å². The molecule has 6 nitrogen and oxygen atoms in total. The molecular formula is C11H11NO5S. The van der Waals surface area contributed by atoms with E-state index in [1.807, 2.05) is 0 Å². The summed E-state index contributed by atoms with van der Waals surface area (Å²) in [4.78, 5) is 22.9. The molecule has 0 radical (unpaired) electrons. The lowest BCUT2D eigenvalue weighted by Crippen LogP contribution is -2.32. The fourth-order valence-electron chi connectivity index (χ4n) is 1.75. The van der Waals surface area contributed by atoms with Gasteiger partial charge in [0.1, 0.15) is 4.90 Å². The maximum Gasteiger partial charge on any atom is 0.307 e. The Morgan fingerprint density at radius 3 is 2.61 bits per heavy atom. The van der Waals surface area contributed by atoms with Crippen molar-refractivity contribution in [1.82, 2.24) is 4.31 Å². The number of sulfonamides is 1. The zero-order valence-corrected chi connectivity index (χ0v) is 10.4. The highest BCUT2D eigenvalue weighted by atomic mass is 32.2. The van der Waals surface area contributed by atoms with E-state index in [0.717, 1.165) is 0 Å². The number of benzene rings is 1. The maximum atomic E-state index is 12.0. The largest absolute Gasteiger partial charge is 0.469 e. The van der Waals surface area contributed by atoms with Gasteiger partial charge in [-0.25, -0.2) is 12.7 Å². The van der Waals surface area contributed by atoms with Crippen LogP contribution in [0.15, 0.2) is 29.2 Å². The summed E-state index contributed by atoms with van der Waals surface area (Å²) in [5.74, 6) is -1.16. The van der Waals surface area contributed by atoms with Crippen LogP contribution in [-0.4, -0.2) is 38.3 Å². The molecule has 0 spiro atoms. The van der Waals surface area contributed by atoms with E-state index in [0.29, 0.717) is 4.31 Å². The molecule has 0 bridgehead atoms. The molecule has 0 N–H and O–H groups in total. The second kappa shape index (κ2) is 4.41. The number of fused-ring (bicyclic) bond motifs is 1. The topological polar surface area (TPSA) is 80.8 Å². The van der Waals surface area contributed by atoms with Gasteiger partial charge in [-0.05, 0) is 12.1 Å². The number of methoxy groups -OCH3 is 1. The number of ether oxygens (including phenoxy) is 1. The number of hydrogen-bond acceptors (Lipinski definition) is 5. The predicted molar refractivity (Wildman–Crippen MR) is 61.3 cm³/mol. The summed E-state index contributed by atoms with van der Waals surface area (Å²) in [6.07, 6.45) is -0.157. The van der Waals surface area contributed by atoms with Crippen molar-refractivity contribution < 1.29 is 22.7 Å². The van der Waals surface area contributed by atoms with Gasteiger partial charge in [-0.2, -0.15) is 0 Å². The summed E-state index contributed by atoms with van der Waals surface area (Å²) >= 11 is 0. The Labute approximate surface area is 104 Å². The van der Waals surface area contributed by atoms with Crippen LogP contribution in [-0.2, 0) is 19.6 Å². The van der Waals surface area contributed by atoms with Crippen molar-refractivity contribution >= 4 is 21.9 Å². The fraction of sp³-hybridized carbons (Fsp3) is 0.273. The third kappa shape index (κ3) is 1.86. The van der Waals surface area contributed by atoms with E-state index in [9.17, 15) is 18.0 Å². The SMILES string of the molecule is COC(=O)CCN1C(=O)c2ccccc2S1(=O)=O. The Balaban J connectivity index is 2.31. The number of rotatable bonds is 3. The molecule has 1 aliphatic rings. The van der Waals surface area contributed by atoms with Crippen LogP contribution in [0.4, 0.5) is 0 Å². The van der Waals surface area contributed by atoms with Crippen molar-refractivity contribution in [3.05, 3.63) is 29.8 Å². The third-order valence-corrected chi connectivity index (χ3v) is 4.50. The lowest BCUT2D eigenvalue weighted by atomic mass is 10.2. The Kier molecular flexibility index (Phi) is 3.08. The van der Waals surface area contributed by atoms with Gasteiger partial charge in [0, 0.05) is 6.54 Å². The molecule has 1 aromatic carbocycles. The highest BCUT2D eigenvalue weighted by Gasteiger charge is 2.40. The molecule has 1 aliphatic heterocycles. The third-order valence-electron chi connectivity index (χ3n) is 2.66. The van der Waals surface area contributed by atoms with Crippen LogP contribution in [0, 0.1) is 0 Å². The van der Waals surface area contributed by atoms with Gasteiger partial charge in [0.2, 0.25) is 0 Å². The standard InChI is InChI=1S/C11H11NO5S/c1-17-10(13)6-7-12-11(14)8-4-2-3-5-9(8)18(12,15)16/h2-5H,6-7H2,1H3. The van der Waals surface area contributed by atoms with Crippen molar-refractivity contribution in [3.8, 4) is 0 Å². The summed E-state index contributed by atoms with van der Waals surface area (Å²) in [7, 11) is -2.62.